The normalized spacial score (nSPS) is 20.7. The van der Waals surface area contributed by atoms with Gasteiger partial charge in [-0.2, -0.15) is 0 Å². The number of aromatic carboxylic acids is 1. The molecule has 19 heavy (non-hydrogen) atoms. The highest BCUT2D eigenvalue weighted by atomic mass is 16.4. The molecule has 1 heterocycles. The summed E-state index contributed by atoms with van der Waals surface area (Å²) in [7, 11) is 0. The average molecular weight is 261 g/mol. The second kappa shape index (κ2) is 5.33. The summed E-state index contributed by atoms with van der Waals surface area (Å²) in [5.41, 5.74) is 1.93. The van der Waals surface area contributed by atoms with E-state index in [1.54, 1.807) is 12.1 Å². The molecule has 1 aliphatic rings. The standard InChI is InChI=1S/C16H23NO2/c1-16(2,3)14-8-9-17(11-14)10-12-4-6-13(7-5-12)15(18)19/h4-7,14H,8-11H2,1-3H3,(H,18,19). The van der Waals surface area contributed by atoms with E-state index >= 15 is 0 Å². The van der Waals surface area contributed by atoms with Gasteiger partial charge in [-0.05, 0) is 42.0 Å². The van der Waals surface area contributed by atoms with Crippen molar-refractivity contribution in [1.82, 2.24) is 4.90 Å². The number of carboxylic acid groups (broad SMARTS) is 1. The molecule has 1 aliphatic heterocycles. The predicted molar refractivity (Wildman–Crippen MR) is 76.2 cm³/mol. The van der Waals surface area contributed by atoms with Crippen molar-refractivity contribution in [3.8, 4) is 0 Å². The van der Waals surface area contributed by atoms with Crippen molar-refractivity contribution in [2.24, 2.45) is 11.3 Å². The summed E-state index contributed by atoms with van der Waals surface area (Å²) in [5.74, 6) is -0.105. The van der Waals surface area contributed by atoms with Gasteiger partial charge in [0.25, 0.3) is 0 Å². The van der Waals surface area contributed by atoms with Crippen molar-refractivity contribution in [3.63, 3.8) is 0 Å². The van der Waals surface area contributed by atoms with Crippen LogP contribution in [0.25, 0.3) is 0 Å². The maximum absolute atomic E-state index is 10.8. The van der Waals surface area contributed by atoms with Crippen molar-refractivity contribution in [3.05, 3.63) is 35.4 Å². The van der Waals surface area contributed by atoms with Gasteiger partial charge < -0.3 is 5.11 Å². The van der Waals surface area contributed by atoms with Crippen molar-refractivity contribution < 1.29 is 9.90 Å². The zero-order valence-electron chi connectivity index (χ0n) is 12.0. The van der Waals surface area contributed by atoms with Gasteiger partial charge in [0, 0.05) is 13.1 Å². The Morgan fingerprint density at radius 2 is 1.95 bits per heavy atom. The molecular formula is C16H23NO2. The molecule has 0 saturated carbocycles. The number of hydrogen-bond acceptors (Lipinski definition) is 2. The number of carbonyl (C=O) groups is 1. The van der Waals surface area contributed by atoms with E-state index in [-0.39, 0.29) is 0 Å². The highest BCUT2D eigenvalue weighted by Gasteiger charge is 2.31. The average Bonchev–Trinajstić information content (AvgIpc) is 2.78. The lowest BCUT2D eigenvalue weighted by atomic mass is 9.80. The summed E-state index contributed by atoms with van der Waals surface area (Å²) < 4.78 is 0. The summed E-state index contributed by atoms with van der Waals surface area (Å²) in [6.45, 7) is 10.1. The third kappa shape index (κ3) is 3.57. The highest BCUT2D eigenvalue weighted by Crippen LogP contribution is 2.34. The van der Waals surface area contributed by atoms with Crippen LogP contribution in [-0.4, -0.2) is 29.1 Å². The Kier molecular flexibility index (Phi) is 3.95. The van der Waals surface area contributed by atoms with E-state index < -0.39 is 5.97 Å². The van der Waals surface area contributed by atoms with Gasteiger partial charge in [0.2, 0.25) is 0 Å². The molecule has 1 saturated heterocycles. The monoisotopic (exact) mass is 261 g/mol. The Bertz CT molecular complexity index is 445. The van der Waals surface area contributed by atoms with Crippen molar-refractivity contribution >= 4 is 5.97 Å². The number of benzene rings is 1. The van der Waals surface area contributed by atoms with Crippen LogP contribution in [0.1, 0.15) is 43.1 Å². The first-order valence-corrected chi connectivity index (χ1v) is 6.91. The van der Waals surface area contributed by atoms with Crippen LogP contribution in [0.2, 0.25) is 0 Å². The zero-order chi connectivity index (χ0) is 14.0. The molecule has 0 spiro atoms. The topological polar surface area (TPSA) is 40.5 Å². The Balaban J connectivity index is 1.94. The minimum absolute atomic E-state index is 0.359. The van der Waals surface area contributed by atoms with Crippen LogP contribution >= 0.6 is 0 Å². The van der Waals surface area contributed by atoms with Crippen LogP contribution in [0.3, 0.4) is 0 Å². The molecule has 0 amide bonds. The molecule has 1 atom stereocenters. The summed E-state index contributed by atoms with van der Waals surface area (Å²) in [6.07, 6.45) is 1.26. The van der Waals surface area contributed by atoms with E-state index in [0.29, 0.717) is 11.0 Å². The second-order valence-corrected chi connectivity index (χ2v) is 6.59. The maximum Gasteiger partial charge on any atom is 0.335 e. The molecule has 2 rings (SSSR count). The van der Waals surface area contributed by atoms with Gasteiger partial charge in [-0.3, -0.25) is 4.90 Å². The summed E-state index contributed by atoms with van der Waals surface area (Å²) in [5, 5.41) is 8.87. The largest absolute Gasteiger partial charge is 0.478 e. The van der Waals surface area contributed by atoms with Crippen molar-refractivity contribution in [2.75, 3.05) is 13.1 Å². The summed E-state index contributed by atoms with van der Waals surface area (Å²) in [4.78, 5) is 13.3. The van der Waals surface area contributed by atoms with Gasteiger partial charge in [0.1, 0.15) is 0 Å². The fourth-order valence-electron chi connectivity index (χ4n) is 2.69. The van der Waals surface area contributed by atoms with Crippen molar-refractivity contribution in [2.45, 2.75) is 33.7 Å². The molecule has 3 nitrogen and oxygen atoms in total. The lowest BCUT2D eigenvalue weighted by Crippen LogP contribution is -2.25. The SMILES string of the molecule is CC(C)(C)C1CCN(Cc2ccc(C(=O)O)cc2)C1. The number of nitrogens with zero attached hydrogens (tertiary/aromatic N) is 1. The first-order chi connectivity index (χ1) is 8.86. The van der Waals surface area contributed by atoms with Gasteiger partial charge in [0.05, 0.1) is 5.56 Å². The van der Waals surface area contributed by atoms with E-state index in [2.05, 4.69) is 25.7 Å². The molecular weight excluding hydrogens is 238 g/mol. The Morgan fingerprint density at radius 1 is 1.32 bits per heavy atom. The number of hydrogen-bond donors (Lipinski definition) is 1. The molecule has 3 heteroatoms. The van der Waals surface area contributed by atoms with Crippen LogP contribution < -0.4 is 0 Å². The summed E-state index contributed by atoms with van der Waals surface area (Å²) >= 11 is 0. The third-order valence-corrected chi connectivity index (χ3v) is 4.10. The van der Waals surface area contributed by atoms with Crippen LogP contribution in [-0.2, 0) is 6.54 Å². The molecule has 1 unspecified atom stereocenters. The van der Waals surface area contributed by atoms with E-state index in [1.165, 1.54) is 12.0 Å². The molecule has 0 bridgehead atoms. The van der Waals surface area contributed by atoms with E-state index in [1.807, 2.05) is 12.1 Å². The second-order valence-electron chi connectivity index (χ2n) is 6.59. The molecule has 0 radical (unpaired) electrons. The molecule has 1 N–H and O–H groups in total. The molecule has 1 fully saturated rings. The minimum Gasteiger partial charge on any atom is -0.478 e. The van der Waals surface area contributed by atoms with Crippen LogP contribution in [0, 0.1) is 11.3 Å². The van der Waals surface area contributed by atoms with Gasteiger partial charge >= 0.3 is 5.97 Å². The van der Waals surface area contributed by atoms with E-state index in [4.69, 9.17) is 5.11 Å². The van der Waals surface area contributed by atoms with Crippen LogP contribution in [0.15, 0.2) is 24.3 Å². The lowest BCUT2D eigenvalue weighted by Gasteiger charge is -2.27. The fourth-order valence-corrected chi connectivity index (χ4v) is 2.69. The van der Waals surface area contributed by atoms with E-state index in [0.717, 1.165) is 25.6 Å². The molecule has 0 aliphatic carbocycles. The smallest absolute Gasteiger partial charge is 0.335 e. The Labute approximate surface area is 115 Å². The predicted octanol–water partition coefficient (Wildman–Crippen LogP) is 3.25. The number of likely N-dealkylation sites (tertiary alicyclic amines) is 1. The Hall–Kier alpha value is -1.35. The lowest BCUT2D eigenvalue weighted by molar-refractivity contribution is 0.0697. The maximum atomic E-state index is 10.8. The third-order valence-electron chi connectivity index (χ3n) is 4.10. The molecule has 1 aromatic carbocycles. The van der Waals surface area contributed by atoms with Gasteiger partial charge in [-0.1, -0.05) is 32.9 Å². The number of carboxylic acids is 1. The number of rotatable bonds is 3. The van der Waals surface area contributed by atoms with Crippen LogP contribution in [0.4, 0.5) is 0 Å². The van der Waals surface area contributed by atoms with Gasteiger partial charge in [-0.15, -0.1) is 0 Å². The van der Waals surface area contributed by atoms with Gasteiger partial charge in [0.15, 0.2) is 0 Å². The fraction of sp³-hybridized carbons (Fsp3) is 0.562. The first-order valence-electron chi connectivity index (χ1n) is 6.91. The minimum atomic E-state index is -0.861. The van der Waals surface area contributed by atoms with Gasteiger partial charge in [-0.25, -0.2) is 4.79 Å². The molecule has 1 aromatic rings. The molecule has 104 valence electrons. The first kappa shape index (κ1) is 14.1. The quantitative estimate of drug-likeness (QED) is 0.908. The van der Waals surface area contributed by atoms with E-state index in [9.17, 15) is 4.79 Å². The molecule has 0 aromatic heterocycles. The Morgan fingerprint density at radius 3 is 2.42 bits per heavy atom. The van der Waals surface area contributed by atoms with Crippen molar-refractivity contribution in [1.29, 1.82) is 0 Å². The summed E-state index contributed by atoms with van der Waals surface area (Å²) in [6, 6.07) is 7.23. The highest BCUT2D eigenvalue weighted by molar-refractivity contribution is 5.87. The zero-order valence-corrected chi connectivity index (χ0v) is 12.0. The van der Waals surface area contributed by atoms with Crippen LogP contribution in [0.5, 0.6) is 0 Å².